The van der Waals surface area contributed by atoms with Crippen LogP contribution in [0.15, 0.2) is 21.5 Å². The Hall–Kier alpha value is -2.03. The van der Waals surface area contributed by atoms with Crippen molar-refractivity contribution in [2.75, 3.05) is 12.0 Å². The number of furan rings is 1. The zero-order valence-corrected chi connectivity index (χ0v) is 10.8. The Morgan fingerprint density at radius 1 is 1.63 bits per heavy atom. The van der Waals surface area contributed by atoms with Crippen LogP contribution in [-0.4, -0.2) is 41.5 Å². The molecule has 2 rings (SSSR count). The van der Waals surface area contributed by atoms with Crippen molar-refractivity contribution in [3.05, 3.63) is 28.0 Å². The number of nitrogens with one attached hydrogen (secondary N) is 1. The molecule has 0 unspecified atom stereocenters. The molecule has 1 fully saturated rings. The summed E-state index contributed by atoms with van der Waals surface area (Å²) in [5.41, 5.74) is 0. The van der Waals surface area contributed by atoms with E-state index in [0.29, 0.717) is 5.75 Å². The van der Waals surface area contributed by atoms with Crippen LogP contribution in [0.2, 0.25) is 0 Å². The van der Waals surface area contributed by atoms with Crippen LogP contribution in [0, 0.1) is 10.1 Å². The summed E-state index contributed by atoms with van der Waals surface area (Å²) in [4.78, 5) is 25.0. The first-order valence-corrected chi connectivity index (χ1v) is 6.73. The van der Waals surface area contributed by atoms with E-state index in [4.69, 9.17) is 9.15 Å². The monoisotopic (exact) mass is 285 g/mol. The lowest BCUT2D eigenvalue weighted by molar-refractivity contribution is -0.402. The molecule has 2 atom stereocenters. The zero-order chi connectivity index (χ0) is 13.8. The van der Waals surface area contributed by atoms with Crippen LogP contribution < -0.4 is 5.32 Å². The molecule has 19 heavy (non-hydrogen) atoms. The second-order valence-electron chi connectivity index (χ2n) is 3.70. The van der Waals surface area contributed by atoms with Gasteiger partial charge in [-0.15, -0.1) is 0 Å². The lowest BCUT2D eigenvalue weighted by atomic mass is 10.3. The summed E-state index contributed by atoms with van der Waals surface area (Å²) in [6.07, 6.45) is 1.84. The number of carbonyl (C=O) groups excluding carboxylic acids is 1. The van der Waals surface area contributed by atoms with Crippen molar-refractivity contribution in [2.24, 2.45) is 4.99 Å². The molecule has 0 aliphatic carbocycles. The van der Waals surface area contributed by atoms with E-state index in [0.717, 1.165) is 0 Å². The molecule has 8 nitrogen and oxygen atoms in total. The number of hydrogen-bond acceptors (Lipinski definition) is 7. The summed E-state index contributed by atoms with van der Waals surface area (Å²) in [5, 5.41) is 13.0. The van der Waals surface area contributed by atoms with Crippen molar-refractivity contribution >= 4 is 30.0 Å². The normalized spacial score (nSPS) is 22.5. The Balaban J connectivity index is 2.04. The van der Waals surface area contributed by atoms with Crippen molar-refractivity contribution in [3.8, 4) is 0 Å². The molecule has 1 aromatic heterocycles. The van der Waals surface area contributed by atoms with Crippen LogP contribution in [0.3, 0.4) is 0 Å². The van der Waals surface area contributed by atoms with Crippen LogP contribution in [0.25, 0.3) is 0 Å². The minimum Gasteiger partial charge on any atom is -0.441 e. The molecule has 2 heterocycles. The topological polar surface area (TPSA) is 107 Å². The Kier molecular flexibility index (Phi) is 4.05. The van der Waals surface area contributed by atoms with E-state index in [1.165, 1.54) is 30.1 Å². The number of cyclic esters (lactones) is 1. The van der Waals surface area contributed by atoms with Gasteiger partial charge in [-0.2, -0.15) is 11.8 Å². The fourth-order valence-corrected chi connectivity index (χ4v) is 2.11. The Morgan fingerprint density at radius 3 is 3.05 bits per heavy atom. The minimum atomic E-state index is -0.631. The number of rotatable bonds is 5. The van der Waals surface area contributed by atoms with Gasteiger partial charge in [0.15, 0.2) is 18.0 Å². The second-order valence-corrected chi connectivity index (χ2v) is 4.61. The summed E-state index contributed by atoms with van der Waals surface area (Å²) >= 11 is 1.53. The van der Waals surface area contributed by atoms with Crippen molar-refractivity contribution in [2.45, 2.75) is 12.3 Å². The molecule has 0 aromatic carbocycles. The summed E-state index contributed by atoms with van der Waals surface area (Å²) in [6, 6.07) is 2.67. The molecule has 1 saturated heterocycles. The third-order valence-electron chi connectivity index (χ3n) is 2.36. The smallest absolute Gasteiger partial charge is 0.433 e. The number of nitrogens with zero attached hydrogens (tertiary/aromatic N) is 2. The van der Waals surface area contributed by atoms with Gasteiger partial charge >= 0.3 is 12.0 Å². The quantitative estimate of drug-likeness (QED) is 0.498. The van der Waals surface area contributed by atoms with Crippen LogP contribution in [-0.2, 0) is 4.74 Å². The molecular weight excluding hydrogens is 274 g/mol. The number of alkyl carbamates (subject to hydrolysis) is 1. The van der Waals surface area contributed by atoms with E-state index in [1.54, 1.807) is 0 Å². The molecule has 1 aromatic rings. The number of thioether (sulfide) groups is 1. The highest BCUT2D eigenvalue weighted by atomic mass is 32.2. The lowest BCUT2D eigenvalue weighted by Gasteiger charge is -2.10. The number of hydrogen-bond donors (Lipinski definition) is 1. The van der Waals surface area contributed by atoms with Gasteiger partial charge in [-0.1, -0.05) is 0 Å². The third-order valence-corrected chi connectivity index (χ3v) is 3.02. The highest BCUT2D eigenvalue weighted by Gasteiger charge is 2.32. The summed E-state index contributed by atoms with van der Waals surface area (Å²) in [7, 11) is 0. The maximum Gasteiger partial charge on any atom is 0.433 e. The standard InChI is InChI=1S/C10H11N3O5S/c1-19-5-7-9(12-10(14)18-7)11-4-6-2-3-8(17-6)13(15)16/h2-4,7,9H,5H2,1H3,(H,12,14)/t7-,9-/m0/s1. The van der Waals surface area contributed by atoms with Crippen LogP contribution in [0.4, 0.5) is 10.7 Å². The van der Waals surface area contributed by atoms with Crippen molar-refractivity contribution in [3.63, 3.8) is 0 Å². The number of nitro groups is 1. The van der Waals surface area contributed by atoms with Crippen molar-refractivity contribution in [1.82, 2.24) is 5.32 Å². The van der Waals surface area contributed by atoms with E-state index in [9.17, 15) is 14.9 Å². The van der Waals surface area contributed by atoms with Gasteiger partial charge in [-0.25, -0.2) is 4.79 Å². The SMILES string of the molecule is CSC[C@@H]1OC(=O)N[C@@H]1N=Cc1ccc([N+](=O)[O-])o1. The summed E-state index contributed by atoms with van der Waals surface area (Å²) in [6.45, 7) is 0. The number of amides is 1. The predicted molar refractivity (Wildman–Crippen MR) is 68.5 cm³/mol. The minimum absolute atomic E-state index is 0.246. The fourth-order valence-electron chi connectivity index (χ4n) is 1.54. The van der Waals surface area contributed by atoms with Crippen LogP contribution >= 0.6 is 11.8 Å². The van der Waals surface area contributed by atoms with E-state index >= 15 is 0 Å². The van der Waals surface area contributed by atoms with Gasteiger partial charge in [-0.3, -0.25) is 20.4 Å². The van der Waals surface area contributed by atoms with Crippen LogP contribution in [0.1, 0.15) is 5.76 Å². The Morgan fingerprint density at radius 2 is 2.42 bits per heavy atom. The molecule has 0 radical (unpaired) electrons. The number of aliphatic imine (C=N–C) groups is 1. The van der Waals surface area contributed by atoms with Gasteiger partial charge in [0, 0.05) is 5.75 Å². The summed E-state index contributed by atoms with van der Waals surface area (Å²) in [5.74, 6) is 0.503. The first-order valence-electron chi connectivity index (χ1n) is 5.33. The van der Waals surface area contributed by atoms with E-state index in [2.05, 4.69) is 10.3 Å². The molecule has 1 amide bonds. The van der Waals surface area contributed by atoms with Crippen molar-refractivity contribution < 1.29 is 18.9 Å². The molecule has 1 aliphatic rings. The fraction of sp³-hybridized carbons (Fsp3) is 0.400. The predicted octanol–water partition coefficient (Wildman–Crippen LogP) is 1.40. The maximum absolute atomic E-state index is 11.1. The Bertz CT molecular complexity index is 515. The number of carbonyl (C=O) groups is 1. The van der Waals surface area contributed by atoms with Gasteiger partial charge in [0.2, 0.25) is 0 Å². The Labute approximate surface area is 112 Å². The number of ether oxygens (including phenoxy) is 1. The highest BCUT2D eigenvalue weighted by Crippen LogP contribution is 2.16. The largest absolute Gasteiger partial charge is 0.441 e. The second kappa shape index (κ2) is 5.74. The van der Waals surface area contributed by atoms with E-state index < -0.39 is 17.2 Å². The average Bonchev–Trinajstić information content (AvgIpc) is 2.94. The lowest BCUT2D eigenvalue weighted by Crippen LogP contribution is -2.31. The van der Waals surface area contributed by atoms with Crippen LogP contribution in [0.5, 0.6) is 0 Å². The molecule has 0 spiro atoms. The molecule has 9 heteroatoms. The first-order chi connectivity index (χ1) is 9.10. The van der Waals surface area contributed by atoms with Crippen molar-refractivity contribution in [1.29, 1.82) is 0 Å². The molecule has 1 N–H and O–H groups in total. The molecule has 0 bridgehead atoms. The molecule has 0 saturated carbocycles. The van der Waals surface area contributed by atoms with Gasteiger partial charge in [0.25, 0.3) is 0 Å². The highest BCUT2D eigenvalue weighted by molar-refractivity contribution is 7.98. The van der Waals surface area contributed by atoms with Gasteiger partial charge in [-0.05, 0) is 12.3 Å². The molecular formula is C10H11N3O5S. The zero-order valence-electron chi connectivity index (χ0n) is 9.94. The maximum atomic E-state index is 11.1. The van der Waals surface area contributed by atoms with E-state index in [1.807, 2.05) is 6.26 Å². The van der Waals surface area contributed by atoms with Gasteiger partial charge in [0.05, 0.1) is 12.3 Å². The third kappa shape index (κ3) is 3.25. The van der Waals surface area contributed by atoms with Gasteiger partial charge < -0.3 is 9.15 Å². The first kappa shape index (κ1) is 13.4. The molecule has 102 valence electrons. The van der Waals surface area contributed by atoms with E-state index in [-0.39, 0.29) is 17.7 Å². The summed E-state index contributed by atoms with van der Waals surface area (Å²) < 4.78 is 9.94. The molecule has 1 aliphatic heterocycles. The van der Waals surface area contributed by atoms with Gasteiger partial charge in [0.1, 0.15) is 4.92 Å². The average molecular weight is 285 g/mol.